The van der Waals surface area contributed by atoms with E-state index in [0.717, 1.165) is 11.4 Å². The van der Waals surface area contributed by atoms with E-state index in [1.165, 1.54) is 11.3 Å². The van der Waals surface area contributed by atoms with Crippen LogP contribution in [0.4, 0.5) is 16.8 Å². The van der Waals surface area contributed by atoms with E-state index in [-0.39, 0.29) is 12.3 Å². The van der Waals surface area contributed by atoms with E-state index in [4.69, 9.17) is 4.74 Å². The van der Waals surface area contributed by atoms with Gasteiger partial charge in [0.1, 0.15) is 5.75 Å². The average Bonchev–Trinajstić information content (AvgIpc) is 3.00. The number of anilines is 3. The van der Waals surface area contributed by atoms with E-state index in [1.807, 2.05) is 43.5 Å². The lowest BCUT2D eigenvalue weighted by Gasteiger charge is -2.06. The largest absolute Gasteiger partial charge is 0.497 e. The van der Waals surface area contributed by atoms with Gasteiger partial charge in [-0.3, -0.25) is 4.79 Å². The van der Waals surface area contributed by atoms with Gasteiger partial charge >= 0.3 is 0 Å². The third kappa shape index (κ3) is 4.76. The Morgan fingerprint density at radius 2 is 1.92 bits per heavy atom. The fourth-order valence-electron chi connectivity index (χ4n) is 2.39. The predicted octanol–water partition coefficient (Wildman–Crippen LogP) is 3.48. The van der Waals surface area contributed by atoms with Crippen molar-refractivity contribution in [3.05, 3.63) is 52.8 Å². The van der Waals surface area contributed by atoms with Crippen LogP contribution in [0.25, 0.3) is 0 Å². The number of carbonyl (C=O) groups is 1. The fraction of sp³-hybridized carbons (Fsp3) is 0.222. The Bertz CT molecular complexity index is 905. The van der Waals surface area contributed by atoms with Crippen molar-refractivity contribution < 1.29 is 9.53 Å². The van der Waals surface area contributed by atoms with Crippen LogP contribution >= 0.6 is 11.3 Å². The number of nitrogens with one attached hydrogen (secondary N) is 2. The van der Waals surface area contributed by atoms with Crippen molar-refractivity contribution in [1.82, 2.24) is 15.0 Å². The van der Waals surface area contributed by atoms with Crippen LogP contribution in [0.1, 0.15) is 17.1 Å². The molecule has 26 heavy (non-hydrogen) atoms. The molecule has 8 heteroatoms. The summed E-state index contributed by atoms with van der Waals surface area (Å²) in [5.41, 5.74) is 3.14. The van der Waals surface area contributed by atoms with Crippen molar-refractivity contribution in [2.75, 3.05) is 17.7 Å². The number of ether oxygens (including phenoxy) is 1. The van der Waals surface area contributed by atoms with Crippen molar-refractivity contribution in [3.8, 4) is 5.75 Å². The van der Waals surface area contributed by atoms with Crippen molar-refractivity contribution >= 4 is 34.0 Å². The van der Waals surface area contributed by atoms with Crippen LogP contribution in [-0.2, 0) is 11.2 Å². The molecule has 134 valence electrons. The smallest absolute Gasteiger partial charge is 0.230 e. The topological polar surface area (TPSA) is 89.0 Å². The number of rotatable bonds is 6. The van der Waals surface area contributed by atoms with E-state index in [2.05, 4.69) is 25.6 Å². The first-order valence-electron chi connectivity index (χ1n) is 7.99. The third-order valence-corrected chi connectivity index (χ3v) is 4.25. The molecular weight excluding hydrogens is 350 g/mol. The number of methoxy groups -OCH3 is 1. The molecule has 0 aliphatic rings. The normalized spacial score (nSPS) is 10.4. The minimum Gasteiger partial charge on any atom is -0.497 e. The number of aromatic nitrogens is 3. The van der Waals surface area contributed by atoms with Crippen LogP contribution in [0.5, 0.6) is 5.75 Å². The van der Waals surface area contributed by atoms with Gasteiger partial charge in [-0.15, -0.1) is 11.3 Å². The highest BCUT2D eigenvalue weighted by molar-refractivity contribution is 7.13. The number of hydrogen-bond acceptors (Lipinski definition) is 7. The van der Waals surface area contributed by atoms with Gasteiger partial charge in [-0.1, -0.05) is 6.07 Å². The number of carbonyl (C=O) groups excluding carboxylic acids is 1. The molecular formula is C18H19N5O2S. The summed E-state index contributed by atoms with van der Waals surface area (Å²) in [6, 6.07) is 9.13. The molecule has 0 fully saturated rings. The summed E-state index contributed by atoms with van der Waals surface area (Å²) in [6.45, 7) is 3.83. The Balaban J connectivity index is 1.61. The van der Waals surface area contributed by atoms with Gasteiger partial charge in [-0.25, -0.2) is 15.0 Å². The summed E-state index contributed by atoms with van der Waals surface area (Å²) < 4.78 is 5.15. The van der Waals surface area contributed by atoms with Gasteiger partial charge in [-0.05, 0) is 32.0 Å². The number of amides is 1. The van der Waals surface area contributed by atoms with E-state index in [1.54, 1.807) is 13.2 Å². The summed E-state index contributed by atoms with van der Waals surface area (Å²) in [5.74, 6) is 1.05. The first-order valence-corrected chi connectivity index (χ1v) is 8.87. The van der Waals surface area contributed by atoms with E-state index < -0.39 is 0 Å². The highest BCUT2D eigenvalue weighted by atomic mass is 32.1. The van der Waals surface area contributed by atoms with Crippen molar-refractivity contribution in [2.24, 2.45) is 0 Å². The van der Waals surface area contributed by atoms with Crippen LogP contribution in [-0.4, -0.2) is 28.0 Å². The summed E-state index contributed by atoms with van der Waals surface area (Å²) >= 11 is 1.41. The molecule has 2 N–H and O–H groups in total. The quantitative estimate of drug-likeness (QED) is 0.691. The zero-order valence-corrected chi connectivity index (χ0v) is 15.6. The van der Waals surface area contributed by atoms with Crippen molar-refractivity contribution in [1.29, 1.82) is 0 Å². The molecule has 3 aromatic rings. The number of nitrogens with zero attached hydrogens (tertiary/aromatic N) is 3. The lowest BCUT2D eigenvalue weighted by Crippen LogP contribution is -2.14. The highest BCUT2D eigenvalue weighted by Gasteiger charge is 2.10. The SMILES string of the molecule is COc1cccc(NC(=O)Cc2csc(Nc3nc(C)cc(C)n3)n2)c1. The Hall–Kier alpha value is -3.00. The number of benzene rings is 1. The molecule has 2 heterocycles. The second-order valence-corrected chi connectivity index (χ2v) is 6.56. The maximum atomic E-state index is 12.2. The molecule has 0 saturated heterocycles. The van der Waals surface area contributed by atoms with Crippen molar-refractivity contribution in [2.45, 2.75) is 20.3 Å². The Kier molecular flexibility index (Phi) is 5.43. The minimum atomic E-state index is -0.141. The third-order valence-electron chi connectivity index (χ3n) is 3.45. The maximum Gasteiger partial charge on any atom is 0.230 e. The Labute approximate surface area is 155 Å². The highest BCUT2D eigenvalue weighted by Crippen LogP contribution is 2.20. The van der Waals surface area contributed by atoms with E-state index in [0.29, 0.717) is 28.2 Å². The van der Waals surface area contributed by atoms with Gasteiger partial charge in [0.2, 0.25) is 11.9 Å². The molecule has 0 bridgehead atoms. The molecule has 1 aromatic carbocycles. The number of thiazole rings is 1. The molecule has 7 nitrogen and oxygen atoms in total. The summed E-state index contributed by atoms with van der Waals surface area (Å²) in [7, 11) is 1.59. The van der Waals surface area contributed by atoms with Gasteiger partial charge in [0.05, 0.1) is 19.2 Å². The first-order chi connectivity index (χ1) is 12.5. The molecule has 1 amide bonds. The summed E-state index contributed by atoms with van der Waals surface area (Å²) in [5, 5.41) is 8.42. The fourth-order valence-corrected chi connectivity index (χ4v) is 3.10. The van der Waals surface area contributed by atoms with Crippen LogP contribution in [0.3, 0.4) is 0 Å². The average molecular weight is 369 g/mol. The summed E-state index contributed by atoms with van der Waals surface area (Å²) in [6.07, 6.45) is 0.184. The molecule has 0 unspecified atom stereocenters. The first kappa shape index (κ1) is 17.8. The molecule has 3 rings (SSSR count). The zero-order valence-electron chi connectivity index (χ0n) is 14.7. The van der Waals surface area contributed by atoms with Crippen molar-refractivity contribution in [3.63, 3.8) is 0 Å². The number of aryl methyl sites for hydroxylation is 2. The van der Waals surface area contributed by atoms with Crippen LogP contribution in [0, 0.1) is 13.8 Å². The van der Waals surface area contributed by atoms with Gasteiger partial charge < -0.3 is 15.4 Å². The number of hydrogen-bond donors (Lipinski definition) is 2. The minimum absolute atomic E-state index is 0.141. The molecule has 0 radical (unpaired) electrons. The molecule has 0 atom stereocenters. The molecule has 2 aromatic heterocycles. The van der Waals surface area contributed by atoms with Crippen LogP contribution < -0.4 is 15.4 Å². The van der Waals surface area contributed by atoms with Gasteiger partial charge in [-0.2, -0.15) is 0 Å². The molecule has 0 saturated carbocycles. The van der Waals surface area contributed by atoms with Gasteiger partial charge in [0, 0.05) is 28.5 Å². The maximum absolute atomic E-state index is 12.2. The predicted molar refractivity (Wildman–Crippen MR) is 102 cm³/mol. The van der Waals surface area contributed by atoms with Gasteiger partial charge in [0.15, 0.2) is 5.13 Å². The molecule has 0 aliphatic carbocycles. The van der Waals surface area contributed by atoms with Crippen LogP contribution in [0.15, 0.2) is 35.7 Å². The monoisotopic (exact) mass is 369 g/mol. The molecule has 0 aliphatic heterocycles. The standard InChI is InChI=1S/C18H19N5O2S/c1-11-7-12(2)20-17(19-11)23-18-22-14(10-26-18)9-16(24)21-13-5-4-6-15(8-13)25-3/h4-8,10H,9H2,1-3H3,(H,21,24)(H,19,20,22,23). The zero-order chi connectivity index (χ0) is 18.5. The Morgan fingerprint density at radius 1 is 1.15 bits per heavy atom. The van der Waals surface area contributed by atoms with Crippen LogP contribution in [0.2, 0.25) is 0 Å². The molecule has 0 spiro atoms. The second kappa shape index (κ2) is 7.92. The van der Waals surface area contributed by atoms with E-state index in [9.17, 15) is 4.79 Å². The Morgan fingerprint density at radius 3 is 2.65 bits per heavy atom. The lowest BCUT2D eigenvalue weighted by atomic mass is 10.2. The van der Waals surface area contributed by atoms with E-state index >= 15 is 0 Å². The van der Waals surface area contributed by atoms with Gasteiger partial charge in [0.25, 0.3) is 0 Å². The lowest BCUT2D eigenvalue weighted by molar-refractivity contribution is -0.115. The summed E-state index contributed by atoms with van der Waals surface area (Å²) in [4.78, 5) is 25.3. The second-order valence-electron chi connectivity index (χ2n) is 5.70.